The lowest BCUT2D eigenvalue weighted by Crippen LogP contribution is -2.45. The average Bonchev–Trinajstić information content (AvgIpc) is 2.84. The fraction of sp³-hybridized carbons (Fsp3) is 0.400. The Labute approximate surface area is 123 Å². The van der Waals surface area contributed by atoms with E-state index in [2.05, 4.69) is 15.5 Å². The summed E-state index contributed by atoms with van der Waals surface area (Å²) >= 11 is 0. The zero-order valence-corrected chi connectivity index (χ0v) is 12.7. The summed E-state index contributed by atoms with van der Waals surface area (Å²) in [6.45, 7) is 7.50. The SMILES string of the molecule is Cc1noc(-c2ccccc2NC(=O)C(N)C(C)(C)C)n1. The van der Waals surface area contributed by atoms with Crippen molar-refractivity contribution in [1.29, 1.82) is 0 Å². The number of aryl methyl sites for hydroxylation is 1. The van der Waals surface area contributed by atoms with Gasteiger partial charge in [-0.3, -0.25) is 4.79 Å². The topological polar surface area (TPSA) is 94.0 Å². The molecule has 1 aromatic carbocycles. The van der Waals surface area contributed by atoms with Crippen LogP contribution in [0.5, 0.6) is 0 Å². The van der Waals surface area contributed by atoms with Crippen molar-refractivity contribution in [1.82, 2.24) is 10.1 Å². The van der Waals surface area contributed by atoms with Crippen molar-refractivity contribution in [2.45, 2.75) is 33.7 Å². The van der Waals surface area contributed by atoms with Gasteiger partial charge in [0, 0.05) is 0 Å². The lowest BCUT2D eigenvalue weighted by atomic mass is 9.87. The number of aromatic nitrogens is 2. The van der Waals surface area contributed by atoms with Gasteiger partial charge in [-0.2, -0.15) is 4.98 Å². The molecule has 21 heavy (non-hydrogen) atoms. The maximum atomic E-state index is 12.2. The van der Waals surface area contributed by atoms with Gasteiger partial charge in [0.05, 0.1) is 17.3 Å². The number of carbonyl (C=O) groups is 1. The monoisotopic (exact) mass is 288 g/mol. The van der Waals surface area contributed by atoms with Crippen molar-refractivity contribution in [3.8, 4) is 11.5 Å². The first-order chi connectivity index (χ1) is 9.79. The van der Waals surface area contributed by atoms with Crippen molar-refractivity contribution in [2.75, 3.05) is 5.32 Å². The van der Waals surface area contributed by atoms with Crippen molar-refractivity contribution >= 4 is 11.6 Å². The van der Waals surface area contributed by atoms with Gasteiger partial charge in [0.1, 0.15) is 0 Å². The van der Waals surface area contributed by atoms with Crippen LogP contribution in [0.25, 0.3) is 11.5 Å². The Morgan fingerprint density at radius 3 is 2.57 bits per heavy atom. The van der Waals surface area contributed by atoms with Crippen molar-refractivity contribution in [2.24, 2.45) is 11.1 Å². The van der Waals surface area contributed by atoms with Crippen molar-refractivity contribution in [3.05, 3.63) is 30.1 Å². The molecular weight excluding hydrogens is 268 g/mol. The predicted octanol–water partition coefficient (Wildman–Crippen LogP) is 2.36. The molecule has 0 spiro atoms. The van der Waals surface area contributed by atoms with Gasteiger partial charge in [-0.25, -0.2) is 0 Å². The molecule has 1 amide bonds. The molecule has 0 bridgehead atoms. The third-order valence-electron chi connectivity index (χ3n) is 3.16. The van der Waals surface area contributed by atoms with Crippen molar-refractivity contribution in [3.63, 3.8) is 0 Å². The first-order valence-corrected chi connectivity index (χ1v) is 6.75. The summed E-state index contributed by atoms with van der Waals surface area (Å²) in [5.41, 5.74) is 6.93. The number of para-hydroxylation sites is 1. The maximum Gasteiger partial charge on any atom is 0.260 e. The number of carbonyl (C=O) groups excluding carboxylic acids is 1. The number of anilines is 1. The molecule has 3 N–H and O–H groups in total. The summed E-state index contributed by atoms with van der Waals surface area (Å²) < 4.78 is 5.16. The third kappa shape index (κ3) is 3.46. The maximum absolute atomic E-state index is 12.2. The Kier molecular flexibility index (Phi) is 4.09. The molecule has 112 valence electrons. The summed E-state index contributed by atoms with van der Waals surface area (Å²) in [5, 5.41) is 6.60. The summed E-state index contributed by atoms with van der Waals surface area (Å²) in [7, 11) is 0. The molecule has 0 aliphatic heterocycles. The predicted molar refractivity (Wildman–Crippen MR) is 80.5 cm³/mol. The molecule has 0 radical (unpaired) electrons. The van der Waals surface area contributed by atoms with Gasteiger partial charge < -0.3 is 15.6 Å². The highest BCUT2D eigenvalue weighted by Gasteiger charge is 2.28. The number of hydrogen-bond donors (Lipinski definition) is 2. The molecule has 0 fully saturated rings. The first kappa shape index (κ1) is 15.2. The van der Waals surface area contributed by atoms with Crippen LogP contribution in [-0.4, -0.2) is 22.1 Å². The summed E-state index contributed by atoms with van der Waals surface area (Å²) in [5.74, 6) is 0.663. The van der Waals surface area contributed by atoms with Crippen LogP contribution < -0.4 is 11.1 Å². The van der Waals surface area contributed by atoms with Crippen LogP contribution in [0, 0.1) is 12.3 Å². The molecule has 1 aromatic heterocycles. The lowest BCUT2D eigenvalue weighted by Gasteiger charge is -2.26. The molecule has 6 heteroatoms. The highest BCUT2D eigenvalue weighted by Crippen LogP contribution is 2.27. The standard InChI is InChI=1S/C15H20N4O2/c1-9-17-14(21-19-9)10-7-5-6-8-11(10)18-13(20)12(16)15(2,3)4/h5-8,12H,16H2,1-4H3,(H,18,20). The number of amides is 1. The van der Waals surface area contributed by atoms with Gasteiger partial charge in [-0.05, 0) is 24.5 Å². The first-order valence-electron chi connectivity index (χ1n) is 6.75. The molecule has 6 nitrogen and oxygen atoms in total. The molecule has 0 saturated heterocycles. The number of nitrogens with two attached hydrogens (primary N) is 1. The summed E-state index contributed by atoms with van der Waals surface area (Å²) in [6, 6.07) is 6.64. The zero-order valence-electron chi connectivity index (χ0n) is 12.7. The molecule has 1 unspecified atom stereocenters. The third-order valence-corrected chi connectivity index (χ3v) is 3.16. The lowest BCUT2D eigenvalue weighted by molar-refractivity contribution is -0.119. The smallest absolute Gasteiger partial charge is 0.260 e. The number of benzene rings is 1. The average molecular weight is 288 g/mol. The molecular formula is C15H20N4O2. The number of nitrogens with one attached hydrogen (secondary N) is 1. The van der Waals surface area contributed by atoms with Crippen LogP contribution >= 0.6 is 0 Å². The molecule has 2 rings (SSSR count). The zero-order chi connectivity index (χ0) is 15.6. The van der Waals surface area contributed by atoms with Crippen LogP contribution in [0.2, 0.25) is 0 Å². The highest BCUT2D eigenvalue weighted by molar-refractivity contribution is 5.98. The summed E-state index contributed by atoms with van der Waals surface area (Å²) in [6.07, 6.45) is 0. The molecule has 1 atom stereocenters. The number of hydrogen-bond acceptors (Lipinski definition) is 5. The Bertz CT molecular complexity index is 643. The Balaban J connectivity index is 2.28. The molecule has 1 heterocycles. The molecule has 0 saturated carbocycles. The summed E-state index contributed by atoms with van der Waals surface area (Å²) in [4.78, 5) is 16.4. The molecule has 2 aromatic rings. The second kappa shape index (κ2) is 5.65. The number of nitrogens with zero attached hydrogens (tertiary/aromatic N) is 2. The van der Waals surface area contributed by atoms with E-state index in [1.807, 2.05) is 39.0 Å². The van der Waals surface area contributed by atoms with Gasteiger partial charge in [-0.1, -0.05) is 38.1 Å². The minimum Gasteiger partial charge on any atom is -0.334 e. The van der Waals surface area contributed by atoms with Crippen molar-refractivity contribution < 1.29 is 9.32 Å². The van der Waals surface area contributed by atoms with E-state index in [0.717, 1.165) is 0 Å². The minimum atomic E-state index is -0.616. The molecule has 0 aliphatic rings. The van der Waals surface area contributed by atoms with Crippen LogP contribution in [0.4, 0.5) is 5.69 Å². The second-order valence-electron chi connectivity index (χ2n) is 6.03. The van der Waals surface area contributed by atoms with Gasteiger partial charge in [0.2, 0.25) is 5.91 Å². The normalized spacial score (nSPS) is 13.0. The largest absolute Gasteiger partial charge is 0.334 e. The van der Waals surface area contributed by atoms with E-state index in [4.69, 9.17) is 10.3 Å². The fourth-order valence-electron chi connectivity index (χ4n) is 1.79. The van der Waals surface area contributed by atoms with Crippen LogP contribution in [-0.2, 0) is 4.79 Å². The highest BCUT2D eigenvalue weighted by atomic mass is 16.5. The van der Waals surface area contributed by atoms with Gasteiger partial charge in [0.25, 0.3) is 5.89 Å². The van der Waals surface area contributed by atoms with E-state index in [1.165, 1.54) is 0 Å². The Hall–Kier alpha value is -2.21. The quantitative estimate of drug-likeness (QED) is 0.904. The van der Waals surface area contributed by atoms with Gasteiger partial charge in [-0.15, -0.1) is 0 Å². The minimum absolute atomic E-state index is 0.244. The number of rotatable bonds is 3. The van der Waals surface area contributed by atoms with Crippen LogP contribution in [0.1, 0.15) is 26.6 Å². The second-order valence-corrected chi connectivity index (χ2v) is 6.03. The van der Waals surface area contributed by atoms with Crippen LogP contribution in [0.15, 0.2) is 28.8 Å². The fourth-order valence-corrected chi connectivity index (χ4v) is 1.79. The molecule has 0 aliphatic carbocycles. The van der Waals surface area contributed by atoms with E-state index in [0.29, 0.717) is 23.0 Å². The Morgan fingerprint density at radius 2 is 2.00 bits per heavy atom. The van der Waals surface area contributed by atoms with Crippen LogP contribution in [0.3, 0.4) is 0 Å². The van der Waals surface area contributed by atoms with E-state index >= 15 is 0 Å². The van der Waals surface area contributed by atoms with E-state index < -0.39 is 6.04 Å². The van der Waals surface area contributed by atoms with Gasteiger partial charge in [0.15, 0.2) is 5.82 Å². The van der Waals surface area contributed by atoms with E-state index in [-0.39, 0.29) is 11.3 Å². The Morgan fingerprint density at radius 1 is 1.33 bits per heavy atom. The van der Waals surface area contributed by atoms with Gasteiger partial charge >= 0.3 is 0 Å². The van der Waals surface area contributed by atoms with E-state index in [9.17, 15) is 4.79 Å². The van der Waals surface area contributed by atoms with E-state index in [1.54, 1.807) is 13.0 Å².